The number of hydrazine groups is 1. The molecule has 3 heteroatoms. The molecule has 1 aliphatic rings. The van der Waals surface area contributed by atoms with E-state index in [4.69, 9.17) is 0 Å². The van der Waals surface area contributed by atoms with Crippen molar-refractivity contribution in [1.29, 1.82) is 0 Å². The highest BCUT2D eigenvalue weighted by atomic mass is 19.1. The van der Waals surface area contributed by atoms with Gasteiger partial charge in [0.05, 0.1) is 12.2 Å². The monoisotopic (exact) mass is 164 g/mol. The summed E-state index contributed by atoms with van der Waals surface area (Å²) >= 11 is 0. The van der Waals surface area contributed by atoms with Crippen molar-refractivity contribution >= 4 is 5.69 Å². The number of nitrogens with one attached hydrogen (secondary N) is 1. The molecule has 12 heavy (non-hydrogen) atoms. The molecule has 0 unspecified atom stereocenters. The van der Waals surface area contributed by atoms with E-state index in [0.717, 1.165) is 12.2 Å². The minimum Gasteiger partial charge on any atom is -0.306 e. The van der Waals surface area contributed by atoms with Crippen LogP contribution in [-0.2, 0) is 0 Å². The lowest BCUT2D eigenvalue weighted by molar-refractivity contribution is 0.627. The Hall–Kier alpha value is -1.51. The molecule has 1 aromatic carbocycles. The van der Waals surface area contributed by atoms with Crippen LogP contribution in [0.5, 0.6) is 0 Å². The Morgan fingerprint density at radius 1 is 1.25 bits per heavy atom. The fourth-order valence-corrected chi connectivity index (χ4v) is 1.15. The van der Waals surface area contributed by atoms with Crippen molar-refractivity contribution in [2.75, 3.05) is 11.6 Å². The van der Waals surface area contributed by atoms with Crippen LogP contribution in [0.3, 0.4) is 0 Å². The normalized spacial score (nSPS) is 14.9. The number of halogens is 1. The van der Waals surface area contributed by atoms with Crippen molar-refractivity contribution in [3.05, 3.63) is 42.4 Å². The summed E-state index contributed by atoms with van der Waals surface area (Å²) < 4.78 is 12.5. The van der Waals surface area contributed by atoms with E-state index in [1.807, 2.05) is 17.3 Å². The minimum atomic E-state index is -0.203. The molecular weight excluding hydrogens is 155 g/mol. The van der Waals surface area contributed by atoms with E-state index >= 15 is 0 Å². The summed E-state index contributed by atoms with van der Waals surface area (Å²) in [6.45, 7) is 0.825. The fraction of sp³-hybridized carbons (Fsp3) is 0.111. The zero-order valence-electron chi connectivity index (χ0n) is 6.50. The van der Waals surface area contributed by atoms with Gasteiger partial charge in [-0.1, -0.05) is 0 Å². The van der Waals surface area contributed by atoms with Crippen molar-refractivity contribution < 1.29 is 4.39 Å². The maximum absolute atomic E-state index is 12.5. The van der Waals surface area contributed by atoms with Gasteiger partial charge in [-0.05, 0) is 30.3 Å². The van der Waals surface area contributed by atoms with Crippen LogP contribution >= 0.6 is 0 Å². The van der Waals surface area contributed by atoms with Gasteiger partial charge < -0.3 is 5.43 Å². The number of benzene rings is 1. The van der Waals surface area contributed by atoms with Crippen LogP contribution in [0.4, 0.5) is 10.1 Å². The first kappa shape index (κ1) is 7.16. The van der Waals surface area contributed by atoms with Gasteiger partial charge in [-0.3, -0.25) is 5.01 Å². The Labute approximate surface area is 70.3 Å². The second-order valence-electron chi connectivity index (χ2n) is 2.62. The van der Waals surface area contributed by atoms with Gasteiger partial charge in [-0.15, -0.1) is 0 Å². The molecule has 2 rings (SSSR count). The van der Waals surface area contributed by atoms with Gasteiger partial charge in [0.25, 0.3) is 0 Å². The Kier molecular flexibility index (Phi) is 1.70. The van der Waals surface area contributed by atoms with Gasteiger partial charge in [0.2, 0.25) is 0 Å². The summed E-state index contributed by atoms with van der Waals surface area (Å²) in [5, 5.41) is 1.93. The molecule has 62 valence electrons. The van der Waals surface area contributed by atoms with E-state index in [0.29, 0.717) is 0 Å². The van der Waals surface area contributed by atoms with Crippen LogP contribution in [0.25, 0.3) is 0 Å². The lowest BCUT2D eigenvalue weighted by Gasteiger charge is -2.17. The molecule has 0 spiro atoms. The van der Waals surface area contributed by atoms with E-state index in [-0.39, 0.29) is 5.82 Å². The molecule has 1 aliphatic heterocycles. The van der Waals surface area contributed by atoms with Crippen LogP contribution in [0.1, 0.15) is 0 Å². The average Bonchev–Trinajstić information content (AvgIpc) is 2.58. The quantitative estimate of drug-likeness (QED) is 0.679. The Bertz CT molecular complexity index is 284. The molecular formula is C9H9FN2. The highest BCUT2D eigenvalue weighted by molar-refractivity contribution is 5.47. The minimum absolute atomic E-state index is 0.203. The largest absolute Gasteiger partial charge is 0.306 e. The van der Waals surface area contributed by atoms with Gasteiger partial charge in [0.15, 0.2) is 0 Å². The summed E-state index contributed by atoms with van der Waals surface area (Å²) in [5.41, 5.74) is 4.00. The van der Waals surface area contributed by atoms with Gasteiger partial charge in [0.1, 0.15) is 5.82 Å². The maximum atomic E-state index is 12.5. The second-order valence-corrected chi connectivity index (χ2v) is 2.62. The summed E-state index contributed by atoms with van der Waals surface area (Å²) in [7, 11) is 0. The Morgan fingerprint density at radius 3 is 2.58 bits per heavy atom. The van der Waals surface area contributed by atoms with Crippen molar-refractivity contribution in [1.82, 2.24) is 5.43 Å². The SMILES string of the molecule is Fc1ccc(N2CC=CN2)cc1. The van der Waals surface area contributed by atoms with Crippen LogP contribution in [-0.4, -0.2) is 6.54 Å². The van der Waals surface area contributed by atoms with Crippen molar-refractivity contribution in [3.8, 4) is 0 Å². The van der Waals surface area contributed by atoms with Gasteiger partial charge in [-0.2, -0.15) is 0 Å². The first-order valence-electron chi connectivity index (χ1n) is 3.80. The topological polar surface area (TPSA) is 15.3 Å². The molecule has 0 saturated carbocycles. The molecule has 1 heterocycles. The third-order valence-corrected chi connectivity index (χ3v) is 1.77. The fourth-order valence-electron chi connectivity index (χ4n) is 1.15. The molecule has 0 bridgehead atoms. The van der Waals surface area contributed by atoms with Gasteiger partial charge in [-0.25, -0.2) is 4.39 Å². The van der Waals surface area contributed by atoms with E-state index < -0.39 is 0 Å². The van der Waals surface area contributed by atoms with Gasteiger partial charge >= 0.3 is 0 Å². The predicted molar refractivity (Wildman–Crippen MR) is 46.0 cm³/mol. The molecule has 1 aromatic rings. The maximum Gasteiger partial charge on any atom is 0.123 e. The zero-order chi connectivity index (χ0) is 8.39. The lowest BCUT2D eigenvalue weighted by Crippen LogP contribution is -2.29. The molecule has 0 atom stereocenters. The lowest BCUT2D eigenvalue weighted by atomic mass is 10.3. The van der Waals surface area contributed by atoms with Crippen molar-refractivity contribution in [2.24, 2.45) is 0 Å². The number of anilines is 1. The first-order valence-corrected chi connectivity index (χ1v) is 3.80. The standard InChI is InChI=1S/C9H9FN2/c10-8-2-4-9(5-3-8)12-7-1-6-11-12/h1-6,11H,7H2. The van der Waals surface area contributed by atoms with Crippen molar-refractivity contribution in [3.63, 3.8) is 0 Å². The molecule has 0 aromatic heterocycles. The molecule has 0 aliphatic carbocycles. The zero-order valence-corrected chi connectivity index (χ0v) is 6.50. The molecule has 0 saturated heterocycles. The molecule has 0 fully saturated rings. The van der Waals surface area contributed by atoms with E-state index in [2.05, 4.69) is 5.43 Å². The first-order chi connectivity index (χ1) is 5.86. The summed E-state index contributed by atoms with van der Waals surface area (Å²) in [5.74, 6) is -0.203. The Morgan fingerprint density at radius 2 is 2.00 bits per heavy atom. The van der Waals surface area contributed by atoms with E-state index in [9.17, 15) is 4.39 Å². The highest BCUT2D eigenvalue weighted by Gasteiger charge is 2.05. The molecule has 0 amide bonds. The number of rotatable bonds is 1. The molecule has 1 N–H and O–H groups in total. The Balaban J connectivity index is 2.18. The van der Waals surface area contributed by atoms with E-state index in [1.165, 1.54) is 12.1 Å². The number of nitrogens with zero attached hydrogens (tertiary/aromatic N) is 1. The van der Waals surface area contributed by atoms with Crippen LogP contribution in [0.2, 0.25) is 0 Å². The van der Waals surface area contributed by atoms with E-state index in [1.54, 1.807) is 12.1 Å². The summed E-state index contributed by atoms with van der Waals surface area (Å²) in [6.07, 6.45) is 3.87. The third-order valence-electron chi connectivity index (χ3n) is 1.77. The van der Waals surface area contributed by atoms with Crippen LogP contribution in [0, 0.1) is 5.82 Å². The second kappa shape index (κ2) is 2.85. The van der Waals surface area contributed by atoms with Crippen molar-refractivity contribution in [2.45, 2.75) is 0 Å². The molecule has 0 radical (unpaired) electrons. The number of hydrogen-bond donors (Lipinski definition) is 1. The predicted octanol–water partition coefficient (Wildman–Crippen LogP) is 1.66. The van der Waals surface area contributed by atoms with Gasteiger partial charge in [0, 0.05) is 6.20 Å². The van der Waals surface area contributed by atoms with Crippen LogP contribution in [0.15, 0.2) is 36.5 Å². The highest BCUT2D eigenvalue weighted by Crippen LogP contribution is 2.14. The summed E-state index contributed by atoms with van der Waals surface area (Å²) in [6, 6.07) is 6.40. The third kappa shape index (κ3) is 1.25. The molecule has 2 nitrogen and oxygen atoms in total. The summed E-state index contributed by atoms with van der Waals surface area (Å²) in [4.78, 5) is 0. The smallest absolute Gasteiger partial charge is 0.123 e. The van der Waals surface area contributed by atoms with Crippen LogP contribution < -0.4 is 10.4 Å². The average molecular weight is 164 g/mol. The number of hydrogen-bond acceptors (Lipinski definition) is 2.